The Kier molecular flexibility index (Phi) is 8.71. The van der Waals surface area contributed by atoms with Crippen LogP contribution in [0, 0.1) is 5.92 Å². The fourth-order valence-electron chi connectivity index (χ4n) is 3.09. The molecule has 9 heteroatoms. The molecule has 3 N–H and O–H groups in total. The topological polar surface area (TPSA) is 107 Å². The number of hydrogen-bond donors (Lipinski definition) is 3. The molecule has 166 valence electrons. The summed E-state index contributed by atoms with van der Waals surface area (Å²) in [6.45, 7) is 3.72. The maximum atomic E-state index is 12.4. The number of carboxylic acids is 1. The normalized spacial score (nSPS) is 11.8. The Hall–Kier alpha value is -2.77. The SMILES string of the molecule is CC(C)CC(C(=O)O)N(CCc1ccc(C(=O)Nc2cc(Cl)cc(Cl)c2)cc1)C(=O)O. The number of carboxylic acid groups (broad SMARTS) is 2. The summed E-state index contributed by atoms with van der Waals surface area (Å²) in [5, 5.41) is 22.4. The number of benzene rings is 2. The Morgan fingerprint density at radius 1 is 1.00 bits per heavy atom. The number of aliphatic carboxylic acids is 1. The predicted octanol–water partition coefficient (Wildman–Crippen LogP) is 5.27. The van der Waals surface area contributed by atoms with E-state index in [1.165, 1.54) is 0 Å². The molecule has 31 heavy (non-hydrogen) atoms. The molecule has 0 bridgehead atoms. The van der Waals surface area contributed by atoms with Crippen molar-refractivity contribution in [2.24, 2.45) is 5.92 Å². The van der Waals surface area contributed by atoms with E-state index < -0.39 is 18.1 Å². The van der Waals surface area contributed by atoms with Gasteiger partial charge < -0.3 is 15.5 Å². The maximum Gasteiger partial charge on any atom is 0.408 e. The van der Waals surface area contributed by atoms with Crippen LogP contribution in [0.1, 0.15) is 36.2 Å². The highest BCUT2D eigenvalue weighted by molar-refractivity contribution is 6.35. The van der Waals surface area contributed by atoms with Crippen molar-refractivity contribution >= 4 is 46.9 Å². The monoisotopic (exact) mass is 466 g/mol. The molecule has 2 aromatic carbocycles. The minimum atomic E-state index is -1.27. The van der Waals surface area contributed by atoms with E-state index in [4.69, 9.17) is 23.2 Å². The van der Waals surface area contributed by atoms with Crippen LogP contribution in [0.3, 0.4) is 0 Å². The molecule has 0 heterocycles. The fraction of sp³-hybridized carbons (Fsp3) is 0.318. The van der Waals surface area contributed by atoms with Crippen LogP contribution in [0.25, 0.3) is 0 Å². The zero-order valence-corrected chi connectivity index (χ0v) is 18.7. The molecule has 2 aromatic rings. The average molecular weight is 467 g/mol. The second-order valence-electron chi connectivity index (χ2n) is 7.52. The third-order valence-electron chi connectivity index (χ3n) is 4.58. The first kappa shape index (κ1) is 24.5. The summed E-state index contributed by atoms with van der Waals surface area (Å²) in [6, 6.07) is 10.3. The van der Waals surface area contributed by atoms with E-state index in [2.05, 4.69) is 5.32 Å². The third-order valence-corrected chi connectivity index (χ3v) is 5.02. The van der Waals surface area contributed by atoms with Gasteiger partial charge in [0.05, 0.1) is 0 Å². The Labute approximate surface area is 190 Å². The van der Waals surface area contributed by atoms with Crippen molar-refractivity contribution in [2.75, 3.05) is 11.9 Å². The maximum absolute atomic E-state index is 12.4. The van der Waals surface area contributed by atoms with Gasteiger partial charge in [-0.3, -0.25) is 9.69 Å². The average Bonchev–Trinajstić information content (AvgIpc) is 2.66. The van der Waals surface area contributed by atoms with E-state index in [0.29, 0.717) is 27.7 Å². The van der Waals surface area contributed by atoms with E-state index in [0.717, 1.165) is 10.5 Å². The minimum absolute atomic E-state index is 0.0333. The molecule has 1 atom stereocenters. The largest absolute Gasteiger partial charge is 0.480 e. The second kappa shape index (κ2) is 11.0. The van der Waals surface area contributed by atoms with E-state index in [1.54, 1.807) is 42.5 Å². The molecule has 0 aliphatic heterocycles. The van der Waals surface area contributed by atoms with Crippen LogP contribution in [0.4, 0.5) is 10.5 Å². The lowest BCUT2D eigenvalue weighted by Crippen LogP contribution is -2.46. The molecule has 1 unspecified atom stereocenters. The molecule has 0 aliphatic rings. The minimum Gasteiger partial charge on any atom is -0.480 e. The number of hydrogen-bond acceptors (Lipinski definition) is 3. The Bertz CT molecular complexity index is 927. The van der Waals surface area contributed by atoms with Crippen LogP contribution >= 0.6 is 23.2 Å². The van der Waals surface area contributed by atoms with Crippen molar-refractivity contribution in [3.63, 3.8) is 0 Å². The summed E-state index contributed by atoms with van der Waals surface area (Å²) in [5.41, 5.74) is 1.65. The van der Waals surface area contributed by atoms with Gasteiger partial charge in [-0.15, -0.1) is 0 Å². The fourth-order valence-corrected chi connectivity index (χ4v) is 3.62. The van der Waals surface area contributed by atoms with Crippen LogP contribution in [0.5, 0.6) is 0 Å². The van der Waals surface area contributed by atoms with Gasteiger partial charge in [0.2, 0.25) is 0 Å². The summed E-state index contributed by atoms with van der Waals surface area (Å²) in [4.78, 5) is 36.5. The lowest BCUT2D eigenvalue weighted by Gasteiger charge is -2.27. The molecular formula is C22H24Cl2N2O5. The molecule has 0 radical (unpaired) electrons. The van der Waals surface area contributed by atoms with Crippen LogP contribution in [-0.4, -0.2) is 45.7 Å². The molecule has 0 saturated carbocycles. The number of anilines is 1. The van der Waals surface area contributed by atoms with Crippen molar-refractivity contribution in [3.8, 4) is 0 Å². The Balaban J connectivity index is 2.04. The molecule has 2 rings (SSSR count). The number of carbonyl (C=O) groups is 3. The number of nitrogens with zero attached hydrogens (tertiary/aromatic N) is 1. The quantitative estimate of drug-likeness (QED) is 0.466. The molecule has 2 amide bonds. The van der Waals surface area contributed by atoms with Gasteiger partial charge in [0.25, 0.3) is 5.91 Å². The predicted molar refractivity (Wildman–Crippen MR) is 120 cm³/mol. The lowest BCUT2D eigenvalue weighted by molar-refractivity contribution is -0.143. The van der Waals surface area contributed by atoms with Crippen molar-refractivity contribution < 1.29 is 24.6 Å². The first-order valence-corrected chi connectivity index (χ1v) is 10.4. The Morgan fingerprint density at radius 2 is 1.58 bits per heavy atom. The van der Waals surface area contributed by atoms with E-state index in [-0.39, 0.29) is 24.8 Å². The first-order chi connectivity index (χ1) is 14.6. The summed E-state index contributed by atoms with van der Waals surface area (Å²) in [7, 11) is 0. The number of rotatable bonds is 9. The molecule has 0 aromatic heterocycles. The van der Waals surface area contributed by atoms with Crippen molar-refractivity contribution in [1.82, 2.24) is 4.90 Å². The van der Waals surface area contributed by atoms with Gasteiger partial charge >= 0.3 is 12.1 Å². The summed E-state index contributed by atoms with van der Waals surface area (Å²) in [6.07, 6.45) is -0.724. The van der Waals surface area contributed by atoms with E-state index >= 15 is 0 Å². The molecule has 0 fully saturated rings. The molecular weight excluding hydrogens is 443 g/mol. The van der Waals surface area contributed by atoms with Gasteiger partial charge in [-0.1, -0.05) is 49.2 Å². The lowest BCUT2D eigenvalue weighted by atomic mass is 10.0. The molecule has 0 spiro atoms. The number of amides is 2. The van der Waals surface area contributed by atoms with E-state index in [1.807, 2.05) is 13.8 Å². The zero-order chi connectivity index (χ0) is 23.1. The second-order valence-corrected chi connectivity index (χ2v) is 8.39. The summed E-state index contributed by atoms with van der Waals surface area (Å²) >= 11 is 11.9. The van der Waals surface area contributed by atoms with Gasteiger partial charge in [-0.2, -0.15) is 0 Å². The van der Waals surface area contributed by atoms with Gasteiger partial charge in [-0.25, -0.2) is 9.59 Å². The molecule has 0 aliphatic carbocycles. The number of carbonyl (C=O) groups excluding carboxylic acids is 1. The van der Waals surface area contributed by atoms with Crippen LogP contribution in [-0.2, 0) is 11.2 Å². The van der Waals surface area contributed by atoms with Gasteiger partial charge in [-0.05, 0) is 54.7 Å². The van der Waals surface area contributed by atoms with Crippen LogP contribution in [0.2, 0.25) is 10.0 Å². The highest BCUT2D eigenvalue weighted by Gasteiger charge is 2.29. The van der Waals surface area contributed by atoms with Crippen LogP contribution in [0.15, 0.2) is 42.5 Å². The van der Waals surface area contributed by atoms with Crippen molar-refractivity contribution in [2.45, 2.75) is 32.7 Å². The number of nitrogens with one attached hydrogen (secondary N) is 1. The van der Waals surface area contributed by atoms with Gasteiger partial charge in [0.15, 0.2) is 0 Å². The summed E-state index contributed by atoms with van der Waals surface area (Å²) < 4.78 is 0. The Morgan fingerprint density at radius 3 is 2.06 bits per heavy atom. The highest BCUT2D eigenvalue weighted by atomic mass is 35.5. The summed E-state index contributed by atoms with van der Waals surface area (Å²) in [5.74, 6) is -1.47. The van der Waals surface area contributed by atoms with Gasteiger partial charge in [0.1, 0.15) is 6.04 Å². The highest BCUT2D eigenvalue weighted by Crippen LogP contribution is 2.23. The number of halogens is 2. The standard InChI is InChI=1S/C22H24Cl2N2O5/c1-13(2)9-19(21(28)29)26(22(30)31)8-7-14-3-5-15(6-4-14)20(27)25-18-11-16(23)10-17(24)12-18/h3-6,10-13,19H,7-9H2,1-2H3,(H,25,27)(H,28,29)(H,30,31). The smallest absolute Gasteiger partial charge is 0.408 e. The van der Waals surface area contributed by atoms with Crippen molar-refractivity contribution in [3.05, 3.63) is 63.6 Å². The third kappa shape index (κ3) is 7.45. The zero-order valence-electron chi connectivity index (χ0n) is 17.1. The molecule has 7 nitrogen and oxygen atoms in total. The van der Waals surface area contributed by atoms with Crippen LogP contribution < -0.4 is 5.32 Å². The van der Waals surface area contributed by atoms with Crippen molar-refractivity contribution in [1.29, 1.82) is 0 Å². The first-order valence-electron chi connectivity index (χ1n) is 9.65. The van der Waals surface area contributed by atoms with E-state index in [9.17, 15) is 24.6 Å². The molecule has 0 saturated heterocycles. The van der Waals surface area contributed by atoms with Gasteiger partial charge in [0, 0.05) is 27.8 Å².